The number of piperazine rings is 2. The lowest BCUT2D eigenvalue weighted by Gasteiger charge is -2.42. The molecule has 2 heterocycles. The van der Waals surface area contributed by atoms with E-state index in [2.05, 4.69) is 82.4 Å². The SMILES string of the molecule is COCc1cc(N2CCNC[C@H]2C)ccc1N1CCN(Cc2ccccc2)[C@H](C)C1.Cl.Cl. The minimum absolute atomic E-state index is 0. The predicted molar refractivity (Wildman–Crippen MR) is 140 cm³/mol. The van der Waals surface area contributed by atoms with E-state index >= 15 is 0 Å². The monoisotopic (exact) mass is 480 g/mol. The molecule has 0 bridgehead atoms. The second kappa shape index (κ2) is 12.7. The van der Waals surface area contributed by atoms with Gasteiger partial charge in [-0.1, -0.05) is 30.3 Å². The van der Waals surface area contributed by atoms with Gasteiger partial charge >= 0.3 is 0 Å². The number of methoxy groups -OCH3 is 1. The quantitative estimate of drug-likeness (QED) is 0.669. The van der Waals surface area contributed by atoms with E-state index in [0.717, 1.165) is 45.8 Å². The van der Waals surface area contributed by atoms with Crippen LogP contribution in [-0.4, -0.2) is 63.4 Å². The first-order valence-corrected chi connectivity index (χ1v) is 11.3. The Bertz CT molecular complexity index is 823. The highest BCUT2D eigenvalue weighted by Crippen LogP contribution is 2.30. The van der Waals surface area contributed by atoms with E-state index < -0.39 is 0 Å². The molecule has 2 aromatic rings. The lowest BCUT2D eigenvalue weighted by Crippen LogP contribution is -2.51. The van der Waals surface area contributed by atoms with Crippen LogP contribution < -0.4 is 15.1 Å². The lowest BCUT2D eigenvalue weighted by molar-refractivity contribution is 0.177. The van der Waals surface area contributed by atoms with Crippen molar-refractivity contribution in [3.05, 3.63) is 59.7 Å². The van der Waals surface area contributed by atoms with Crippen LogP contribution in [0.2, 0.25) is 0 Å². The molecule has 7 heteroatoms. The zero-order valence-corrected chi connectivity index (χ0v) is 21.1. The Morgan fingerprint density at radius 1 is 0.969 bits per heavy atom. The van der Waals surface area contributed by atoms with Gasteiger partial charge in [-0.05, 0) is 37.6 Å². The Balaban J connectivity index is 0.00000181. The van der Waals surface area contributed by atoms with Crippen LogP contribution in [0.1, 0.15) is 25.0 Å². The molecule has 2 aromatic carbocycles. The number of nitrogens with one attached hydrogen (secondary N) is 1. The summed E-state index contributed by atoms with van der Waals surface area (Å²) in [7, 11) is 1.80. The summed E-state index contributed by atoms with van der Waals surface area (Å²) in [6.07, 6.45) is 0. The summed E-state index contributed by atoms with van der Waals surface area (Å²) in [5.41, 5.74) is 5.34. The number of halogens is 2. The number of rotatable bonds is 6. The van der Waals surface area contributed by atoms with Gasteiger partial charge in [0.2, 0.25) is 0 Å². The maximum Gasteiger partial charge on any atom is 0.0734 e. The van der Waals surface area contributed by atoms with Gasteiger partial charge in [0.15, 0.2) is 0 Å². The summed E-state index contributed by atoms with van der Waals surface area (Å²) >= 11 is 0. The molecule has 4 rings (SSSR count). The molecule has 1 N–H and O–H groups in total. The van der Waals surface area contributed by atoms with Crippen LogP contribution in [-0.2, 0) is 17.9 Å². The van der Waals surface area contributed by atoms with Gasteiger partial charge in [0.05, 0.1) is 6.61 Å². The first-order chi connectivity index (χ1) is 14.7. The van der Waals surface area contributed by atoms with Crippen molar-refractivity contribution in [2.45, 2.75) is 39.1 Å². The average Bonchev–Trinajstić information content (AvgIpc) is 2.76. The maximum absolute atomic E-state index is 5.59. The highest BCUT2D eigenvalue weighted by atomic mass is 35.5. The van der Waals surface area contributed by atoms with Crippen LogP contribution >= 0.6 is 24.8 Å². The summed E-state index contributed by atoms with van der Waals surface area (Å²) in [5, 5.41) is 3.48. The first-order valence-electron chi connectivity index (χ1n) is 11.3. The average molecular weight is 482 g/mol. The fourth-order valence-electron chi connectivity index (χ4n) is 4.82. The third-order valence-electron chi connectivity index (χ3n) is 6.53. The molecule has 0 saturated carbocycles. The highest BCUT2D eigenvalue weighted by Gasteiger charge is 2.26. The Hall–Kier alpha value is -1.50. The molecular formula is C25H38Cl2N4O. The predicted octanol–water partition coefficient (Wildman–Crippen LogP) is 4.19. The van der Waals surface area contributed by atoms with E-state index in [4.69, 9.17) is 4.74 Å². The molecular weight excluding hydrogens is 443 g/mol. The molecule has 0 spiro atoms. The third kappa shape index (κ3) is 6.30. The van der Waals surface area contributed by atoms with E-state index in [1.807, 2.05) is 0 Å². The normalized spacial score (nSPS) is 21.6. The molecule has 2 aliphatic heterocycles. The Labute approximate surface area is 205 Å². The van der Waals surface area contributed by atoms with Crippen molar-refractivity contribution in [2.24, 2.45) is 0 Å². The Kier molecular flexibility index (Phi) is 10.6. The molecule has 0 unspecified atom stereocenters. The van der Waals surface area contributed by atoms with Gasteiger partial charge in [-0.2, -0.15) is 0 Å². The first kappa shape index (κ1) is 26.7. The van der Waals surface area contributed by atoms with Gasteiger partial charge in [0.1, 0.15) is 0 Å². The number of benzene rings is 2. The highest BCUT2D eigenvalue weighted by molar-refractivity contribution is 5.85. The van der Waals surface area contributed by atoms with E-state index in [0.29, 0.717) is 18.7 Å². The fourth-order valence-corrected chi connectivity index (χ4v) is 4.82. The maximum atomic E-state index is 5.59. The Morgan fingerprint density at radius 3 is 2.44 bits per heavy atom. The molecule has 2 saturated heterocycles. The van der Waals surface area contributed by atoms with Gasteiger partial charge in [-0.3, -0.25) is 4.90 Å². The Morgan fingerprint density at radius 2 is 1.75 bits per heavy atom. The number of hydrogen-bond donors (Lipinski definition) is 1. The largest absolute Gasteiger partial charge is 0.380 e. The van der Waals surface area contributed by atoms with Crippen molar-refractivity contribution >= 4 is 36.2 Å². The number of ether oxygens (including phenoxy) is 1. The van der Waals surface area contributed by atoms with Crippen LogP contribution in [0.25, 0.3) is 0 Å². The van der Waals surface area contributed by atoms with Gasteiger partial charge in [0.25, 0.3) is 0 Å². The summed E-state index contributed by atoms with van der Waals surface area (Å²) in [5.74, 6) is 0. The molecule has 2 fully saturated rings. The second-order valence-corrected chi connectivity index (χ2v) is 8.74. The minimum atomic E-state index is 0. The smallest absolute Gasteiger partial charge is 0.0734 e. The zero-order chi connectivity index (χ0) is 20.9. The summed E-state index contributed by atoms with van der Waals surface area (Å²) in [6, 6.07) is 18.8. The van der Waals surface area contributed by atoms with Gasteiger partial charge in [-0.15, -0.1) is 24.8 Å². The van der Waals surface area contributed by atoms with Gasteiger partial charge < -0.3 is 19.9 Å². The second-order valence-electron chi connectivity index (χ2n) is 8.74. The van der Waals surface area contributed by atoms with Crippen LogP contribution in [0.5, 0.6) is 0 Å². The van der Waals surface area contributed by atoms with Crippen molar-refractivity contribution < 1.29 is 4.74 Å². The van der Waals surface area contributed by atoms with Crippen LogP contribution in [0.4, 0.5) is 11.4 Å². The molecule has 2 aliphatic rings. The summed E-state index contributed by atoms with van der Waals surface area (Å²) < 4.78 is 5.59. The standard InChI is InChI=1S/C25H36N4O.2ClH/c1-20-16-26-11-12-29(20)24-9-10-25(23(15-24)19-30-3)28-14-13-27(21(2)17-28)18-22-7-5-4-6-8-22;;/h4-10,15,20-21,26H,11-14,16-19H2,1-3H3;2*1H/t20-,21-;;/m1../s1. The third-order valence-corrected chi connectivity index (χ3v) is 6.53. The molecule has 5 nitrogen and oxygen atoms in total. The fraction of sp³-hybridized carbons (Fsp3) is 0.520. The summed E-state index contributed by atoms with van der Waals surface area (Å²) in [6.45, 7) is 12.7. The number of nitrogens with zero attached hydrogens (tertiary/aromatic N) is 3. The van der Waals surface area contributed by atoms with Crippen molar-refractivity contribution in [1.29, 1.82) is 0 Å². The number of hydrogen-bond acceptors (Lipinski definition) is 5. The van der Waals surface area contributed by atoms with E-state index in [-0.39, 0.29) is 24.8 Å². The van der Waals surface area contributed by atoms with E-state index in [1.54, 1.807) is 7.11 Å². The van der Waals surface area contributed by atoms with Crippen molar-refractivity contribution in [2.75, 3.05) is 56.2 Å². The van der Waals surface area contributed by atoms with Gasteiger partial charge in [-0.25, -0.2) is 0 Å². The molecule has 32 heavy (non-hydrogen) atoms. The van der Waals surface area contributed by atoms with Crippen molar-refractivity contribution in [3.8, 4) is 0 Å². The molecule has 0 amide bonds. The van der Waals surface area contributed by atoms with E-state index in [1.165, 1.54) is 22.5 Å². The topological polar surface area (TPSA) is 31.0 Å². The zero-order valence-electron chi connectivity index (χ0n) is 19.5. The van der Waals surface area contributed by atoms with Crippen LogP contribution in [0.15, 0.2) is 48.5 Å². The summed E-state index contributed by atoms with van der Waals surface area (Å²) in [4.78, 5) is 7.66. The van der Waals surface area contributed by atoms with Crippen LogP contribution in [0, 0.1) is 0 Å². The van der Waals surface area contributed by atoms with Crippen molar-refractivity contribution in [3.63, 3.8) is 0 Å². The minimum Gasteiger partial charge on any atom is -0.380 e. The van der Waals surface area contributed by atoms with E-state index in [9.17, 15) is 0 Å². The van der Waals surface area contributed by atoms with Crippen LogP contribution in [0.3, 0.4) is 0 Å². The molecule has 2 atom stereocenters. The molecule has 178 valence electrons. The van der Waals surface area contributed by atoms with Crippen molar-refractivity contribution in [1.82, 2.24) is 10.2 Å². The molecule has 0 aliphatic carbocycles. The lowest BCUT2D eigenvalue weighted by atomic mass is 10.1. The molecule has 0 radical (unpaired) electrons. The number of anilines is 2. The van der Waals surface area contributed by atoms with Gasteiger partial charge in [0, 0.05) is 81.9 Å². The molecule has 0 aromatic heterocycles.